The van der Waals surface area contributed by atoms with Gasteiger partial charge in [-0.2, -0.15) is 0 Å². The first-order valence-corrected chi connectivity index (χ1v) is 6.97. The van der Waals surface area contributed by atoms with Crippen LogP contribution in [0.2, 0.25) is 0 Å². The molecule has 1 unspecified atom stereocenters. The molecular formula is C16H25NO. The lowest BCUT2D eigenvalue weighted by Crippen LogP contribution is -2.39. The summed E-state index contributed by atoms with van der Waals surface area (Å²) in [5, 5.41) is 13.7. The van der Waals surface area contributed by atoms with Gasteiger partial charge in [0.25, 0.3) is 0 Å². The van der Waals surface area contributed by atoms with Gasteiger partial charge in [-0.15, -0.1) is 0 Å². The van der Waals surface area contributed by atoms with E-state index < -0.39 is 0 Å². The van der Waals surface area contributed by atoms with Crippen molar-refractivity contribution in [2.75, 3.05) is 5.32 Å². The van der Waals surface area contributed by atoms with Gasteiger partial charge in [-0.3, -0.25) is 0 Å². The summed E-state index contributed by atoms with van der Waals surface area (Å²) in [7, 11) is 0. The minimum Gasteiger partial charge on any atom is -0.507 e. The van der Waals surface area contributed by atoms with E-state index >= 15 is 0 Å². The smallest absolute Gasteiger partial charge is 0.123 e. The largest absolute Gasteiger partial charge is 0.507 e. The van der Waals surface area contributed by atoms with E-state index in [9.17, 15) is 5.11 Å². The Balaban J connectivity index is 2.21. The van der Waals surface area contributed by atoms with Crippen molar-refractivity contribution in [1.29, 1.82) is 0 Å². The molecular weight excluding hydrogens is 222 g/mol. The molecule has 1 aliphatic carbocycles. The molecule has 2 heteroatoms. The summed E-state index contributed by atoms with van der Waals surface area (Å²) in [4.78, 5) is 0. The van der Waals surface area contributed by atoms with Crippen LogP contribution >= 0.6 is 0 Å². The zero-order valence-electron chi connectivity index (χ0n) is 12.0. The lowest BCUT2D eigenvalue weighted by atomic mass is 9.73. The van der Waals surface area contributed by atoms with Crippen LogP contribution in [0.3, 0.4) is 0 Å². The molecule has 1 aromatic rings. The first-order valence-electron chi connectivity index (χ1n) is 6.97. The Hall–Kier alpha value is -1.18. The minimum atomic E-state index is 0.338. The van der Waals surface area contributed by atoms with Crippen LogP contribution in [0, 0.1) is 19.3 Å². The van der Waals surface area contributed by atoms with Crippen molar-refractivity contribution in [1.82, 2.24) is 0 Å². The van der Waals surface area contributed by atoms with E-state index in [0.29, 0.717) is 17.2 Å². The molecule has 0 amide bonds. The van der Waals surface area contributed by atoms with Crippen molar-refractivity contribution in [2.45, 2.75) is 59.4 Å². The number of benzene rings is 1. The van der Waals surface area contributed by atoms with Crippen LogP contribution in [-0.4, -0.2) is 11.1 Å². The molecule has 0 saturated heterocycles. The quantitative estimate of drug-likeness (QED) is 0.812. The first kappa shape index (κ1) is 13.3. The van der Waals surface area contributed by atoms with Crippen molar-refractivity contribution in [3.63, 3.8) is 0 Å². The zero-order valence-corrected chi connectivity index (χ0v) is 12.0. The number of hydrogen-bond acceptors (Lipinski definition) is 2. The van der Waals surface area contributed by atoms with Crippen molar-refractivity contribution in [3.8, 4) is 5.75 Å². The average molecular weight is 247 g/mol. The monoisotopic (exact) mass is 247 g/mol. The molecule has 1 atom stereocenters. The molecule has 0 bridgehead atoms. The van der Waals surface area contributed by atoms with Gasteiger partial charge in [-0.1, -0.05) is 32.8 Å². The molecule has 1 aliphatic rings. The second-order valence-corrected chi connectivity index (χ2v) is 6.33. The van der Waals surface area contributed by atoms with Crippen LogP contribution in [0.15, 0.2) is 12.1 Å². The summed E-state index contributed by atoms with van der Waals surface area (Å²) in [6, 6.07) is 4.59. The van der Waals surface area contributed by atoms with E-state index in [-0.39, 0.29) is 0 Å². The molecule has 1 saturated carbocycles. The van der Waals surface area contributed by atoms with E-state index in [4.69, 9.17) is 0 Å². The highest BCUT2D eigenvalue weighted by Crippen LogP contribution is 2.38. The third kappa shape index (κ3) is 2.47. The molecule has 1 aromatic carbocycles. The van der Waals surface area contributed by atoms with Crippen LogP contribution in [0.5, 0.6) is 5.75 Å². The minimum absolute atomic E-state index is 0.338. The fraction of sp³-hybridized carbons (Fsp3) is 0.625. The fourth-order valence-corrected chi connectivity index (χ4v) is 2.94. The van der Waals surface area contributed by atoms with Crippen LogP contribution in [0.25, 0.3) is 0 Å². The van der Waals surface area contributed by atoms with Crippen LogP contribution in [0.4, 0.5) is 5.69 Å². The van der Waals surface area contributed by atoms with Crippen molar-refractivity contribution >= 4 is 5.69 Å². The maximum absolute atomic E-state index is 10.0. The van der Waals surface area contributed by atoms with E-state index in [1.54, 1.807) is 0 Å². The number of aromatic hydroxyl groups is 1. The summed E-state index contributed by atoms with van der Waals surface area (Å²) >= 11 is 0. The maximum Gasteiger partial charge on any atom is 0.123 e. The molecule has 0 aromatic heterocycles. The average Bonchev–Trinajstić information content (AvgIpc) is 2.32. The lowest BCUT2D eigenvalue weighted by Gasteiger charge is -2.40. The highest BCUT2D eigenvalue weighted by molar-refractivity contribution is 5.59. The third-order valence-electron chi connectivity index (χ3n) is 4.47. The SMILES string of the molecule is Cc1ccc(NC2CCCCC2(C)C)c(C)c1O. The number of nitrogens with one attached hydrogen (secondary N) is 1. The highest BCUT2D eigenvalue weighted by Gasteiger charge is 2.32. The Bertz CT molecular complexity index is 437. The predicted molar refractivity (Wildman–Crippen MR) is 77.2 cm³/mol. The molecule has 100 valence electrons. The van der Waals surface area contributed by atoms with Crippen molar-refractivity contribution in [3.05, 3.63) is 23.3 Å². The molecule has 1 fully saturated rings. The molecule has 0 heterocycles. The van der Waals surface area contributed by atoms with Crippen LogP contribution in [0.1, 0.15) is 50.7 Å². The normalized spacial score (nSPS) is 22.8. The Morgan fingerprint density at radius 3 is 2.61 bits per heavy atom. The molecule has 2 N–H and O–H groups in total. The van der Waals surface area contributed by atoms with Crippen LogP contribution < -0.4 is 5.32 Å². The van der Waals surface area contributed by atoms with Crippen molar-refractivity contribution in [2.24, 2.45) is 5.41 Å². The van der Waals surface area contributed by atoms with Gasteiger partial charge in [-0.25, -0.2) is 0 Å². The number of aryl methyl sites for hydroxylation is 1. The fourth-order valence-electron chi connectivity index (χ4n) is 2.94. The second kappa shape index (κ2) is 4.83. The third-order valence-corrected chi connectivity index (χ3v) is 4.47. The summed E-state index contributed by atoms with van der Waals surface area (Å²) in [6.07, 6.45) is 5.14. The number of phenolic OH excluding ortho intramolecular Hbond substituents is 1. The lowest BCUT2D eigenvalue weighted by molar-refractivity contribution is 0.217. The van der Waals surface area contributed by atoms with Gasteiger partial charge in [0.05, 0.1) is 0 Å². The molecule has 2 nitrogen and oxygen atoms in total. The molecule has 0 radical (unpaired) electrons. The molecule has 0 aliphatic heterocycles. The zero-order chi connectivity index (χ0) is 13.3. The standard InChI is InChI=1S/C16H25NO/c1-11-8-9-13(12(2)15(11)18)17-14-7-5-6-10-16(14,3)4/h8-9,14,17-18H,5-7,10H2,1-4H3. The summed E-state index contributed by atoms with van der Waals surface area (Å²) < 4.78 is 0. The van der Waals surface area contributed by atoms with Gasteiger partial charge >= 0.3 is 0 Å². The number of phenols is 1. The van der Waals surface area contributed by atoms with Gasteiger partial charge in [0, 0.05) is 17.3 Å². The highest BCUT2D eigenvalue weighted by atomic mass is 16.3. The molecule has 18 heavy (non-hydrogen) atoms. The Labute approximate surface area is 110 Å². The number of anilines is 1. The van der Waals surface area contributed by atoms with E-state index in [0.717, 1.165) is 16.8 Å². The first-order chi connectivity index (χ1) is 8.42. The summed E-state index contributed by atoms with van der Waals surface area (Å²) in [5.41, 5.74) is 3.33. The van der Waals surface area contributed by atoms with E-state index in [1.807, 2.05) is 19.9 Å². The van der Waals surface area contributed by atoms with Crippen LogP contribution in [-0.2, 0) is 0 Å². The van der Waals surface area contributed by atoms with Gasteiger partial charge < -0.3 is 10.4 Å². The predicted octanol–water partition coefficient (Wildman–Crippen LogP) is 4.39. The Morgan fingerprint density at radius 1 is 1.22 bits per heavy atom. The van der Waals surface area contributed by atoms with Gasteiger partial charge in [-0.05, 0) is 43.7 Å². The van der Waals surface area contributed by atoms with E-state index in [1.165, 1.54) is 25.7 Å². The second-order valence-electron chi connectivity index (χ2n) is 6.33. The molecule has 2 rings (SSSR count). The number of rotatable bonds is 2. The number of hydrogen-bond donors (Lipinski definition) is 2. The topological polar surface area (TPSA) is 32.3 Å². The van der Waals surface area contributed by atoms with E-state index in [2.05, 4.69) is 25.2 Å². The maximum atomic E-state index is 10.0. The Morgan fingerprint density at radius 2 is 1.94 bits per heavy atom. The summed E-state index contributed by atoms with van der Waals surface area (Å²) in [6.45, 7) is 8.61. The van der Waals surface area contributed by atoms with Crippen molar-refractivity contribution < 1.29 is 5.11 Å². The van der Waals surface area contributed by atoms with Gasteiger partial charge in [0.2, 0.25) is 0 Å². The van der Waals surface area contributed by atoms with Gasteiger partial charge in [0.1, 0.15) is 5.75 Å². The van der Waals surface area contributed by atoms with Gasteiger partial charge in [0.15, 0.2) is 0 Å². The molecule has 0 spiro atoms. The Kier molecular flexibility index (Phi) is 3.56. The summed E-state index contributed by atoms with van der Waals surface area (Å²) in [5.74, 6) is 0.425.